The molecule has 186 valence electrons. The zero-order valence-corrected chi connectivity index (χ0v) is 20.5. The lowest BCUT2D eigenvalue weighted by molar-refractivity contribution is 0.0548. The third-order valence-corrected chi connectivity index (χ3v) is 6.83. The molecule has 1 unspecified atom stereocenters. The Morgan fingerprint density at radius 3 is 2.49 bits per heavy atom. The largest absolute Gasteiger partial charge is 0.497 e. The van der Waals surface area contributed by atoms with Gasteiger partial charge in [-0.15, -0.1) is 0 Å². The standard InChI is InChI=1S/C30H36FNO3/c1-34-29-7-4-5-23(20-29)9-12-26-6-2-3-8-30(26)35-22-28(33)21-32-17-15-25(16-18-32)19-24-10-13-27(31)14-11-24/h2-8,10-11,13-14,20,25,28,33H,9,12,15-19,21-22H2,1H3. The highest BCUT2D eigenvalue weighted by Gasteiger charge is 2.21. The van der Waals surface area contributed by atoms with E-state index in [1.54, 1.807) is 7.11 Å². The number of methoxy groups -OCH3 is 1. The number of β-amino-alcohol motifs (C(OH)–C–C–N with tert-alkyl or cyclic N) is 1. The van der Waals surface area contributed by atoms with E-state index in [1.165, 1.54) is 23.3 Å². The number of benzene rings is 3. The molecule has 1 fully saturated rings. The molecule has 0 bridgehead atoms. The van der Waals surface area contributed by atoms with Gasteiger partial charge < -0.3 is 19.5 Å². The van der Waals surface area contributed by atoms with Crippen molar-refractivity contribution in [1.29, 1.82) is 0 Å². The van der Waals surface area contributed by atoms with Gasteiger partial charge in [0.15, 0.2) is 0 Å². The normalized spacial score (nSPS) is 15.6. The van der Waals surface area contributed by atoms with Crippen molar-refractivity contribution in [3.05, 3.63) is 95.3 Å². The van der Waals surface area contributed by atoms with Crippen molar-refractivity contribution in [1.82, 2.24) is 4.90 Å². The van der Waals surface area contributed by atoms with E-state index in [9.17, 15) is 9.50 Å². The van der Waals surface area contributed by atoms with Gasteiger partial charge in [-0.1, -0.05) is 42.5 Å². The molecule has 1 aliphatic heterocycles. The summed E-state index contributed by atoms with van der Waals surface area (Å²) >= 11 is 0. The predicted molar refractivity (Wildman–Crippen MR) is 138 cm³/mol. The minimum atomic E-state index is -0.532. The Morgan fingerprint density at radius 2 is 1.71 bits per heavy atom. The lowest BCUT2D eigenvalue weighted by Gasteiger charge is -2.33. The third kappa shape index (κ3) is 7.81. The molecular formula is C30H36FNO3. The SMILES string of the molecule is COc1cccc(CCc2ccccc2OCC(O)CN2CCC(Cc3ccc(F)cc3)CC2)c1. The van der Waals surface area contributed by atoms with Crippen LogP contribution in [0.15, 0.2) is 72.8 Å². The van der Waals surface area contributed by atoms with Gasteiger partial charge in [0.2, 0.25) is 0 Å². The summed E-state index contributed by atoms with van der Waals surface area (Å²) in [5.74, 6) is 2.14. The number of aryl methyl sites for hydroxylation is 2. The first-order valence-corrected chi connectivity index (χ1v) is 12.6. The zero-order chi connectivity index (χ0) is 24.5. The summed E-state index contributed by atoms with van der Waals surface area (Å²) in [5.41, 5.74) is 3.56. The highest BCUT2D eigenvalue weighted by molar-refractivity contribution is 5.35. The van der Waals surface area contributed by atoms with Gasteiger partial charge in [-0.3, -0.25) is 0 Å². The third-order valence-electron chi connectivity index (χ3n) is 6.83. The maximum atomic E-state index is 13.1. The fourth-order valence-corrected chi connectivity index (χ4v) is 4.82. The molecule has 1 saturated heterocycles. The quantitative estimate of drug-likeness (QED) is 0.406. The predicted octanol–water partition coefficient (Wildman–Crippen LogP) is 5.31. The molecule has 4 nitrogen and oxygen atoms in total. The van der Waals surface area contributed by atoms with Crippen LogP contribution in [-0.4, -0.2) is 49.5 Å². The number of piperidine rings is 1. The molecule has 0 aromatic heterocycles. The smallest absolute Gasteiger partial charge is 0.123 e. The summed E-state index contributed by atoms with van der Waals surface area (Å²) in [4.78, 5) is 2.32. The topological polar surface area (TPSA) is 41.9 Å². The van der Waals surface area contributed by atoms with Crippen molar-refractivity contribution in [3.63, 3.8) is 0 Å². The molecule has 4 rings (SSSR count). The van der Waals surface area contributed by atoms with Crippen LogP contribution in [0.1, 0.15) is 29.5 Å². The molecule has 0 radical (unpaired) electrons. The lowest BCUT2D eigenvalue weighted by atomic mass is 9.90. The monoisotopic (exact) mass is 477 g/mol. The first-order valence-electron chi connectivity index (χ1n) is 12.6. The maximum absolute atomic E-state index is 13.1. The Morgan fingerprint density at radius 1 is 0.943 bits per heavy atom. The average Bonchev–Trinajstić information content (AvgIpc) is 2.89. The van der Waals surface area contributed by atoms with Crippen LogP contribution >= 0.6 is 0 Å². The fourth-order valence-electron chi connectivity index (χ4n) is 4.82. The van der Waals surface area contributed by atoms with Gasteiger partial charge in [0.05, 0.1) is 7.11 Å². The van der Waals surface area contributed by atoms with E-state index in [0.29, 0.717) is 12.5 Å². The second kappa shape index (κ2) is 12.7. The maximum Gasteiger partial charge on any atom is 0.123 e. The molecular weight excluding hydrogens is 441 g/mol. The van der Waals surface area contributed by atoms with Crippen molar-refractivity contribution < 1.29 is 19.0 Å². The molecule has 1 N–H and O–H groups in total. The summed E-state index contributed by atoms with van der Waals surface area (Å²) in [6.07, 6.45) is 4.41. The van der Waals surface area contributed by atoms with Crippen LogP contribution in [0.5, 0.6) is 11.5 Å². The second-order valence-corrected chi connectivity index (χ2v) is 9.50. The van der Waals surface area contributed by atoms with E-state index >= 15 is 0 Å². The lowest BCUT2D eigenvalue weighted by Crippen LogP contribution is -2.41. The Balaban J connectivity index is 1.20. The fraction of sp³-hybridized carbons (Fsp3) is 0.400. The first kappa shape index (κ1) is 25.2. The molecule has 0 saturated carbocycles. The number of para-hydroxylation sites is 1. The Kier molecular flexibility index (Phi) is 9.15. The Labute approximate surface area is 208 Å². The van der Waals surface area contributed by atoms with E-state index in [-0.39, 0.29) is 12.4 Å². The summed E-state index contributed by atoms with van der Waals surface area (Å²) in [5, 5.41) is 10.6. The van der Waals surface area contributed by atoms with Gasteiger partial charge >= 0.3 is 0 Å². The summed E-state index contributed by atoms with van der Waals surface area (Å²) in [6.45, 7) is 2.85. The van der Waals surface area contributed by atoms with Gasteiger partial charge in [0.25, 0.3) is 0 Å². The van der Waals surface area contributed by atoms with E-state index in [2.05, 4.69) is 23.1 Å². The van der Waals surface area contributed by atoms with E-state index in [4.69, 9.17) is 9.47 Å². The van der Waals surface area contributed by atoms with Crippen LogP contribution in [-0.2, 0) is 19.3 Å². The molecule has 1 heterocycles. The number of likely N-dealkylation sites (tertiary alicyclic amines) is 1. The Bertz CT molecular complexity index is 1050. The van der Waals surface area contributed by atoms with E-state index < -0.39 is 6.10 Å². The van der Waals surface area contributed by atoms with Crippen LogP contribution < -0.4 is 9.47 Å². The molecule has 0 aliphatic carbocycles. The highest BCUT2D eigenvalue weighted by Crippen LogP contribution is 2.24. The van der Waals surface area contributed by atoms with Gasteiger partial charge in [0, 0.05) is 6.54 Å². The summed E-state index contributed by atoms with van der Waals surface area (Å²) in [6, 6.07) is 23.1. The molecule has 3 aromatic carbocycles. The molecule has 0 amide bonds. The average molecular weight is 478 g/mol. The summed E-state index contributed by atoms with van der Waals surface area (Å²) in [7, 11) is 1.68. The molecule has 35 heavy (non-hydrogen) atoms. The minimum absolute atomic E-state index is 0.181. The molecule has 1 aliphatic rings. The van der Waals surface area contributed by atoms with Crippen molar-refractivity contribution in [3.8, 4) is 11.5 Å². The zero-order valence-electron chi connectivity index (χ0n) is 20.5. The number of hydrogen-bond donors (Lipinski definition) is 1. The molecule has 0 spiro atoms. The van der Waals surface area contributed by atoms with Crippen LogP contribution in [0.2, 0.25) is 0 Å². The second-order valence-electron chi connectivity index (χ2n) is 9.50. The molecule has 1 atom stereocenters. The van der Waals surface area contributed by atoms with Gasteiger partial charge in [-0.2, -0.15) is 0 Å². The van der Waals surface area contributed by atoms with Crippen molar-refractivity contribution >= 4 is 0 Å². The number of halogens is 1. The summed E-state index contributed by atoms with van der Waals surface area (Å²) < 4.78 is 24.5. The highest BCUT2D eigenvalue weighted by atomic mass is 19.1. The van der Waals surface area contributed by atoms with Crippen LogP contribution in [0.4, 0.5) is 4.39 Å². The number of aliphatic hydroxyl groups is 1. The number of nitrogens with zero attached hydrogens (tertiary/aromatic N) is 1. The van der Waals surface area contributed by atoms with Crippen LogP contribution in [0.25, 0.3) is 0 Å². The molecule has 5 heteroatoms. The van der Waals surface area contributed by atoms with Crippen molar-refractivity contribution in [2.75, 3.05) is 33.4 Å². The van der Waals surface area contributed by atoms with E-state index in [1.807, 2.05) is 42.5 Å². The van der Waals surface area contributed by atoms with Gasteiger partial charge in [-0.05, 0) is 98.1 Å². The number of ether oxygens (including phenoxy) is 2. The first-order chi connectivity index (χ1) is 17.1. The van der Waals surface area contributed by atoms with Crippen LogP contribution in [0.3, 0.4) is 0 Å². The molecule has 3 aromatic rings. The number of rotatable bonds is 11. The van der Waals surface area contributed by atoms with Gasteiger partial charge in [-0.25, -0.2) is 4.39 Å². The van der Waals surface area contributed by atoms with Crippen LogP contribution in [0, 0.1) is 11.7 Å². The number of hydrogen-bond acceptors (Lipinski definition) is 4. The van der Waals surface area contributed by atoms with E-state index in [0.717, 1.165) is 62.3 Å². The van der Waals surface area contributed by atoms with Gasteiger partial charge in [0.1, 0.15) is 30.0 Å². The minimum Gasteiger partial charge on any atom is -0.497 e. The Hall–Kier alpha value is -2.89. The van der Waals surface area contributed by atoms with Crippen molar-refractivity contribution in [2.24, 2.45) is 5.92 Å². The number of aliphatic hydroxyl groups excluding tert-OH is 1. The van der Waals surface area contributed by atoms with Crippen molar-refractivity contribution in [2.45, 2.75) is 38.2 Å².